The molecule has 2 unspecified atom stereocenters. The van der Waals surface area contributed by atoms with Crippen LogP contribution in [0.3, 0.4) is 0 Å². The third-order valence-corrected chi connectivity index (χ3v) is 5.30. The van der Waals surface area contributed by atoms with Crippen molar-refractivity contribution in [2.45, 2.75) is 29.9 Å². The van der Waals surface area contributed by atoms with E-state index in [1.54, 1.807) is 6.07 Å². The van der Waals surface area contributed by atoms with Gasteiger partial charge in [-0.1, -0.05) is 0 Å². The molecule has 22 heavy (non-hydrogen) atoms. The standard InChI is InChI=1S/C16H21N3O2S/c1-10-15(20)19-13-7-12(4-5-14(13)22-10)16(21)18-9-11-3-2-6-17-8-11/h4-5,7,10-11,17H,2-3,6,8-9H2,1H3,(H,18,21)(H,19,20). The molecule has 3 N–H and O–H groups in total. The van der Waals surface area contributed by atoms with Gasteiger partial charge in [-0.15, -0.1) is 11.8 Å². The smallest absolute Gasteiger partial charge is 0.251 e. The van der Waals surface area contributed by atoms with Crippen molar-refractivity contribution in [3.63, 3.8) is 0 Å². The number of rotatable bonds is 3. The molecule has 2 aliphatic rings. The van der Waals surface area contributed by atoms with Gasteiger partial charge in [0.1, 0.15) is 0 Å². The van der Waals surface area contributed by atoms with Gasteiger partial charge in [0, 0.05) is 17.0 Å². The quantitative estimate of drug-likeness (QED) is 0.795. The zero-order valence-electron chi connectivity index (χ0n) is 12.6. The lowest BCUT2D eigenvalue weighted by atomic mass is 9.99. The molecular formula is C16H21N3O2S. The first kappa shape index (κ1) is 15.4. The lowest BCUT2D eigenvalue weighted by molar-refractivity contribution is -0.115. The molecule has 0 aliphatic carbocycles. The lowest BCUT2D eigenvalue weighted by Crippen LogP contribution is -2.38. The maximum absolute atomic E-state index is 12.3. The van der Waals surface area contributed by atoms with Crippen molar-refractivity contribution in [2.24, 2.45) is 5.92 Å². The first-order valence-electron chi connectivity index (χ1n) is 7.74. The van der Waals surface area contributed by atoms with Gasteiger partial charge in [0.25, 0.3) is 5.91 Å². The number of hydrogen-bond acceptors (Lipinski definition) is 4. The van der Waals surface area contributed by atoms with Crippen LogP contribution in [-0.2, 0) is 4.79 Å². The maximum Gasteiger partial charge on any atom is 0.251 e. The molecule has 0 aromatic heterocycles. The fourth-order valence-electron chi connectivity index (χ4n) is 2.79. The highest BCUT2D eigenvalue weighted by Crippen LogP contribution is 2.35. The number of carbonyl (C=O) groups excluding carboxylic acids is 2. The summed E-state index contributed by atoms with van der Waals surface area (Å²) >= 11 is 1.52. The lowest BCUT2D eigenvalue weighted by Gasteiger charge is -2.23. The summed E-state index contributed by atoms with van der Waals surface area (Å²) in [5.41, 5.74) is 1.33. The van der Waals surface area contributed by atoms with Crippen molar-refractivity contribution in [1.82, 2.24) is 10.6 Å². The van der Waals surface area contributed by atoms with Gasteiger partial charge < -0.3 is 16.0 Å². The summed E-state index contributed by atoms with van der Waals surface area (Å²) in [6, 6.07) is 5.50. The molecule has 0 spiro atoms. The van der Waals surface area contributed by atoms with Gasteiger partial charge in [0.05, 0.1) is 10.9 Å². The third-order valence-electron chi connectivity index (χ3n) is 4.12. The van der Waals surface area contributed by atoms with Crippen molar-refractivity contribution in [2.75, 3.05) is 25.0 Å². The molecule has 2 amide bonds. The average molecular weight is 319 g/mol. The van der Waals surface area contributed by atoms with Gasteiger partial charge in [-0.2, -0.15) is 0 Å². The summed E-state index contributed by atoms with van der Waals surface area (Å²) in [6.45, 7) is 4.61. The van der Waals surface area contributed by atoms with Crippen LogP contribution < -0.4 is 16.0 Å². The third kappa shape index (κ3) is 3.44. The Balaban J connectivity index is 1.63. The van der Waals surface area contributed by atoms with Gasteiger partial charge in [0.2, 0.25) is 5.91 Å². The highest BCUT2D eigenvalue weighted by molar-refractivity contribution is 8.00. The normalized spacial score (nSPS) is 24.3. The maximum atomic E-state index is 12.3. The monoisotopic (exact) mass is 319 g/mol. The van der Waals surface area contributed by atoms with E-state index in [1.165, 1.54) is 18.2 Å². The molecule has 1 aromatic carbocycles. The van der Waals surface area contributed by atoms with Crippen molar-refractivity contribution in [1.29, 1.82) is 0 Å². The number of fused-ring (bicyclic) bond motifs is 1. The number of amides is 2. The number of thioether (sulfide) groups is 1. The minimum atomic E-state index is -0.0917. The summed E-state index contributed by atoms with van der Waals surface area (Å²) in [5.74, 6) is 0.418. The van der Waals surface area contributed by atoms with Gasteiger partial charge in [0.15, 0.2) is 0 Å². The van der Waals surface area contributed by atoms with Gasteiger partial charge in [-0.25, -0.2) is 0 Å². The van der Waals surface area contributed by atoms with Crippen LogP contribution in [0.4, 0.5) is 5.69 Å². The highest BCUT2D eigenvalue weighted by atomic mass is 32.2. The second-order valence-electron chi connectivity index (χ2n) is 5.88. The molecule has 2 atom stereocenters. The Morgan fingerprint density at radius 3 is 3.09 bits per heavy atom. The molecule has 6 heteroatoms. The zero-order valence-corrected chi connectivity index (χ0v) is 13.5. The van der Waals surface area contributed by atoms with Gasteiger partial charge in [-0.3, -0.25) is 9.59 Å². The molecule has 2 aliphatic heterocycles. The Labute approximate surface area is 134 Å². The minimum absolute atomic E-state index is 0.0108. The summed E-state index contributed by atoms with van der Waals surface area (Å²) < 4.78 is 0. The van der Waals surface area contributed by atoms with E-state index in [0.29, 0.717) is 18.0 Å². The molecule has 0 bridgehead atoms. The fourth-order valence-corrected chi connectivity index (χ4v) is 3.72. The van der Waals surface area contributed by atoms with Crippen LogP contribution in [0.25, 0.3) is 0 Å². The Hall–Kier alpha value is -1.53. The molecule has 2 heterocycles. The largest absolute Gasteiger partial charge is 0.352 e. The van der Waals surface area contributed by atoms with Crippen LogP contribution in [0.15, 0.2) is 23.1 Å². The number of nitrogens with one attached hydrogen (secondary N) is 3. The summed E-state index contributed by atoms with van der Waals surface area (Å²) in [4.78, 5) is 25.0. The predicted octanol–water partition coefficient (Wildman–Crippen LogP) is 1.85. The molecule has 5 nitrogen and oxygen atoms in total. The molecule has 0 saturated carbocycles. The summed E-state index contributed by atoms with van der Waals surface area (Å²) in [7, 11) is 0. The van der Waals surface area contributed by atoms with Crippen molar-refractivity contribution in [3.8, 4) is 0 Å². The highest BCUT2D eigenvalue weighted by Gasteiger charge is 2.24. The van der Waals surface area contributed by atoms with Crippen LogP contribution >= 0.6 is 11.8 Å². The SMILES string of the molecule is CC1Sc2ccc(C(=O)NCC3CCCNC3)cc2NC1=O. The Bertz CT molecular complexity index is 585. The molecule has 118 valence electrons. The van der Waals surface area contributed by atoms with E-state index < -0.39 is 0 Å². The van der Waals surface area contributed by atoms with Crippen LogP contribution in [0, 0.1) is 5.92 Å². The Morgan fingerprint density at radius 2 is 2.32 bits per heavy atom. The second-order valence-corrected chi connectivity index (χ2v) is 7.27. The van der Waals surface area contributed by atoms with Gasteiger partial charge >= 0.3 is 0 Å². The molecule has 1 aromatic rings. The summed E-state index contributed by atoms with van der Waals surface area (Å²) in [5, 5.41) is 9.11. The molecule has 1 fully saturated rings. The van der Waals surface area contributed by atoms with Crippen LogP contribution in [-0.4, -0.2) is 36.7 Å². The van der Waals surface area contributed by atoms with Crippen LogP contribution in [0.2, 0.25) is 0 Å². The molecular weight excluding hydrogens is 298 g/mol. The van der Waals surface area contributed by atoms with Gasteiger partial charge in [-0.05, 0) is 57.0 Å². The average Bonchev–Trinajstić information content (AvgIpc) is 2.54. The van der Waals surface area contributed by atoms with E-state index in [9.17, 15) is 9.59 Å². The minimum Gasteiger partial charge on any atom is -0.352 e. The molecule has 0 radical (unpaired) electrons. The van der Waals surface area contributed by atoms with Crippen molar-refractivity contribution >= 4 is 29.3 Å². The Kier molecular flexibility index (Phi) is 4.69. The first-order chi connectivity index (χ1) is 10.6. The second kappa shape index (κ2) is 6.71. The fraction of sp³-hybridized carbons (Fsp3) is 0.500. The van der Waals surface area contributed by atoms with E-state index in [2.05, 4.69) is 16.0 Å². The predicted molar refractivity (Wildman–Crippen MR) is 88.3 cm³/mol. The number of carbonyl (C=O) groups is 2. The Morgan fingerprint density at radius 1 is 1.45 bits per heavy atom. The molecule has 3 rings (SSSR count). The first-order valence-corrected chi connectivity index (χ1v) is 8.62. The van der Waals surface area contributed by atoms with E-state index in [4.69, 9.17) is 0 Å². The van der Waals surface area contributed by atoms with E-state index in [1.807, 2.05) is 19.1 Å². The number of piperidine rings is 1. The molecule has 1 saturated heterocycles. The summed E-state index contributed by atoms with van der Waals surface area (Å²) in [6.07, 6.45) is 2.32. The van der Waals surface area contributed by atoms with E-state index in [-0.39, 0.29) is 17.1 Å². The van der Waals surface area contributed by atoms with Crippen LogP contribution in [0.1, 0.15) is 30.1 Å². The number of anilines is 1. The van der Waals surface area contributed by atoms with Crippen LogP contribution in [0.5, 0.6) is 0 Å². The van der Waals surface area contributed by atoms with E-state index in [0.717, 1.165) is 30.1 Å². The van der Waals surface area contributed by atoms with Crippen molar-refractivity contribution in [3.05, 3.63) is 23.8 Å². The zero-order chi connectivity index (χ0) is 15.5. The van der Waals surface area contributed by atoms with E-state index >= 15 is 0 Å². The van der Waals surface area contributed by atoms with Crippen molar-refractivity contribution < 1.29 is 9.59 Å². The topological polar surface area (TPSA) is 70.2 Å². The number of hydrogen-bond donors (Lipinski definition) is 3. The number of benzene rings is 1.